The van der Waals surface area contributed by atoms with Crippen molar-refractivity contribution in [3.05, 3.63) is 70.8 Å². The van der Waals surface area contributed by atoms with Crippen molar-refractivity contribution in [2.24, 2.45) is 0 Å². The van der Waals surface area contributed by atoms with Crippen molar-refractivity contribution in [1.82, 2.24) is 9.80 Å². The molecule has 0 radical (unpaired) electrons. The van der Waals surface area contributed by atoms with Gasteiger partial charge >= 0.3 is 0 Å². The quantitative estimate of drug-likeness (QED) is 0.688. The first-order chi connectivity index (χ1) is 14.5. The maximum atomic E-state index is 13.5. The molecule has 2 heterocycles. The molecule has 2 aliphatic heterocycles. The van der Waals surface area contributed by atoms with Gasteiger partial charge in [0.25, 0.3) is 0 Å². The Labute approximate surface area is 180 Å². The van der Waals surface area contributed by atoms with E-state index in [4.69, 9.17) is 0 Å². The average molecular weight is 440 g/mol. The van der Waals surface area contributed by atoms with Crippen molar-refractivity contribution in [1.29, 1.82) is 0 Å². The Kier molecular flexibility index (Phi) is 8.73. The van der Waals surface area contributed by atoms with Crippen LogP contribution in [-0.2, 0) is 10.4 Å². The number of β-amino-alcohol motifs (C(OH)–C–C–N with tert-alkyl or cyclic N) is 1. The van der Waals surface area contributed by atoms with E-state index in [1.807, 2.05) is 23.9 Å². The minimum Gasteiger partial charge on any atom is -0.384 e. The predicted octanol–water partition coefficient (Wildman–Crippen LogP) is 3.65. The summed E-state index contributed by atoms with van der Waals surface area (Å²) in [6.45, 7) is 4.18. The van der Waals surface area contributed by atoms with Crippen LogP contribution in [0, 0.1) is 30.2 Å². The number of benzene rings is 2. The van der Waals surface area contributed by atoms with Gasteiger partial charge in [-0.05, 0) is 45.1 Å². The van der Waals surface area contributed by atoms with Crippen molar-refractivity contribution < 1.29 is 27.5 Å². The first-order valence-corrected chi connectivity index (χ1v) is 10.00. The van der Waals surface area contributed by atoms with E-state index in [2.05, 4.69) is 0 Å². The van der Waals surface area contributed by atoms with Crippen LogP contribution in [0.3, 0.4) is 0 Å². The highest BCUT2D eigenvalue weighted by Gasteiger charge is 2.38. The molecule has 0 spiro atoms. The molecule has 1 N–H and O–H groups in total. The number of hydrogen-bond donors (Lipinski definition) is 1. The number of aliphatic hydroxyl groups is 1. The molecule has 8 heteroatoms. The number of carbonyl (C=O) groups is 1. The van der Waals surface area contributed by atoms with Crippen molar-refractivity contribution in [3.63, 3.8) is 0 Å². The summed E-state index contributed by atoms with van der Waals surface area (Å²) in [6, 6.07) is 8.02. The monoisotopic (exact) mass is 440 g/mol. The van der Waals surface area contributed by atoms with Gasteiger partial charge < -0.3 is 10.0 Å². The van der Waals surface area contributed by atoms with Crippen LogP contribution in [0.5, 0.6) is 0 Å². The number of nitrogens with zero attached hydrogens (tertiary/aromatic N) is 2. The smallest absolute Gasteiger partial charge is 0.164 e. The number of likely N-dealkylation sites (N-methyl/N-ethyl adjacent to an activating group) is 2. The summed E-state index contributed by atoms with van der Waals surface area (Å²) in [7, 11) is 3.81. The van der Waals surface area contributed by atoms with Gasteiger partial charge in [0.1, 0.15) is 11.4 Å². The molecule has 0 amide bonds. The van der Waals surface area contributed by atoms with Crippen LogP contribution in [0.2, 0.25) is 0 Å². The van der Waals surface area contributed by atoms with Gasteiger partial charge in [0.05, 0.1) is 6.54 Å². The molecule has 2 saturated heterocycles. The van der Waals surface area contributed by atoms with E-state index in [0.717, 1.165) is 25.1 Å². The lowest BCUT2D eigenvalue weighted by Crippen LogP contribution is -2.30. The van der Waals surface area contributed by atoms with Crippen LogP contribution in [0.4, 0.5) is 17.6 Å². The zero-order valence-electron chi connectivity index (χ0n) is 18.0. The third kappa shape index (κ3) is 6.85. The van der Waals surface area contributed by atoms with Gasteiger partial charge in [-0.2, -0.15) is 0 Å². The lowest BCUT2D eigenvalue weighted by atomic mass is 9.92. The van der Waals surface area contributed by atoms with Gasteiger partial charge in [0.2, 0.25) is 0 Å². The summed E-state index contributed by atoms with van der Waals surface area (Å²) < 4.78 is 51.0. The molecule has 0 aromatic heterocycles. The number of Topliss-reactive ketones (excluding diaryl/α,β-unsaturated/α-hetero) is 1. The molecular formula is C23H28F4N2O2. The zero-order chi connectivity index (χ0) is 23.2. The number of ketones is 1. The molecule has 2 aromatic rings. The van der Waals surface area contributed by atoms with Crippen LogP contribution in [0.15, 0.2) is 36.4 Å². The van der Waals surface area contributed by atoms with Crippen molar-refractivity contribution >= 4 is 5.78 Å². The van der Waals surface area contributed by atoms with Gasteiger partial charge in [-0.1, -0.05) is 24.3 Å². The Bertz CT molecular complexity index is 889. The number of aryl methyl sites for hydroxylation is 1. The largest absolute Gasteiger partial charge is 0.384 e. The third-order valence-electron chi connectivity index (χ3n) is 5.25. The Morgan fingerprint density at radius 1 is 0.903 bits per heavy atom. The number of hydrogen-bond acceptors (Lipinski definition) is 4. The van der Waals surface area contributed by atoms with Crippen LogP contribution < -0.4 is 0 Å². The molecule has 170 valence electrons. The van der Waals surface area contributed by atoms with E-state index in [9.17, 15) is 27.5 Å². The Balaban J connectivity index is 0.000000181. The minimum atomic E-state index is -1.25. The fraction of sp³-hybridized carbons (Fsp3) is 0.435. The van der Waals surface area contributed by atoms with Gasteiger partial charge in [-0.15, -0.1) is 0 Å². The molecule has 2 aromatic carbocycles. The zero-order valence-corrected chi connectivity index (χ0v) is 18.0. The molecule has 0 saturated carbocycles. The molecule has 0 bridgehead atoms. The molecule has 2 fully saturated rings. The van der Waals surface area contributed by atoms with Crippen LogP contribution in [-0.4, -0.2) is 61.0 Å². The molecular weight excluding hydrogens is 412 g/mol. The molecule has 4 rings (SSSR count). The number of halogens is 4. The standard InChI is InChI=1S/C11H13F2NO.C7H6F2.C5H9NO/c1-14-6-5-11(15,7-14)8-3-2-4-9(12)10(8)13;1-5-3-2-4-6(8)7(5)9;1-6-3-2-5(7)4-6/h2-4,15H,5-7H2,1H3;2-4H,1H3;2-4H2,1H3. The summed E-state index contributed by atoms with van der Waals surface area (Å²) in [6.07, 6.45) is 1.19. The summed E-state index contributed by atoms with van der Waals surface area (Å²) >= 11 is 0. The molecule has 1 atom stereocenters. The number of carbonyl (C=O) groups excluding carboxylic acids is 1. The first-order valence-electron chi connectivity index (χ1n) is 10.00. The Hall–Kier alpha value is -2.29. The van der Waals surface area contributed by atoms with E-state index in [1.165, 1.54) is 31.2 Å². The highest BCUT2D eigenvalue weighted by molar-refractivity contribution is 5.82. The second-order valence-electron chi connectivity index (χ2n) is 8.02. The van der Waals surface area contributed by atoms with Gasteiger partial charge in [-0.3, -0.25) is 9.69 Å². The SMILES string of the molecule is CN1CCC(=O)C1.CN1CCC(O)(c2cccc(F)c2F)C1.Cc1cccc(F)c1F. The topological polar surface area (TPSA) is 43.8 Å². The minimum absolute atomic E-state index is 0.0619. The highest BCUT2D eigenvalue weighted by Crippen LogP contribution is 2.33. The summed E-state index contributed by atoms with van der Waals surface area (Å²) in [5.41, 5.74) is -0.845. The molecule has 2 aliphatic rings. The van der Waals surface area contributed by atoms with Crippen LogP contribution >= 0.6 is 0 Å². The normalized spacial score (nSPS) is 21.4. The second-order valence-corrected chi connectivity index (χ2v) is 8.02. The van der Waals surface area contributed by atoms with E-state index < -0.39 is 28.9 Å². The van der Waals surface area contributed by atoms with Gasteiger partial charge in [0, 0.05) is 31.6 Å². The molecule has 31 heavy (non-hydrogen) atoms. The maximum Gasteiger partial charge on any atom is 0.164 e. The lowest BCUT2D eigenvalue weighted by molar-refractivity contribution is -0.116. The van der Waals surface area contributed by atoms with Crippen molar-refractivity contribution in [2.75, 3.05) is 40.3 Å². The number of rotatable bonds is 1. The van der Waals surface area contributed by atoms with Gasteiger partial charge in [0.15, 0.2) is 23.3 Å². The van der Waals surface area contributed by atoms with Crippen molar-refractivity contribution in [2.45, 2.75) is 25.4 Å². The van der Waals surface area contributed by atoms with Crippen molar-refractivity contribution in [3.8, 4) is 0 Å². The van der Waals surface area contributed by atoms with Crippen LogP contribution in [0.1, 0.15) is 24.0 Å². The first kappa shape index (κ1) is 25.0. The van der Waals surface area contributed by atoms with Gasteiger partial charge in [-0.25, -0.2) is 17.6 Å². The fourth-order valence-electron chi connectivity index (χ4n) is 3.45. The predicted molar refractivity (Wildman–Crippen MR) is 111 cm³/mol. The Morgan fingerprint density at radius 2 is 1.52 bits per heavy atom. The molecule has 4 nitrogen and oxygen atoms in total. The summed E-state index contributed by atoms with van der Waals surface area (Å²) in [4.78, 5) is 14.3. The molecule has 1 unspecified atom stereocenters. The summed E-state index contributed by atoms with van der Waals surface area (Å²) in [5.74, 6) is -3.00. The summed E-state index contributed by atoms with van der Waals surface area (Å²) in [5, 5.41) is 10.2. The average Bonchev–Trinajstić information content (AvgIpc) is 3.27. The van der Waals surface area contributed by atoms with Crippen LogP contribution in [0.25, 0.3) is 0 Å². The lowest BCUT2D eigenvalue weighted by Gasteiger charge is -2.23. The fourth-order valence-corrected chi connectivity index (χ4v) is 3.45. The number of likely N-dealkylation sites (tertiary alicyclic amines) is 2. The maximum absolute atomic E-state index is 13.5. The second kappa shape index (κ2) is 10.8. The van der Waals surface area contributed by atoms with E-state index in [0.29, 0.717) is 37.4 Å². The molecule has 0 aliphatic carbocycles. The van der Waals surface area contributed by atoms with E-state index in [1.54, 1.807) is 0 Å². The third-order valence-corrected chi connectivity index (χ3v) is 5.25. The highest BCUT2D eigenvalue weighted by atomic mass is 19.2. The Morgan fingerprint density at radius 3 is 1.94 bits per heavy atom. The van der Waals surface area contributed by atoms with E-state index >= 15 is 0 Å². The van der Waals surface area contributed by atoms with E-state index in [-0.39, 0.29) is 5.56 Å².